The molecule has 0 unspecified atom stereocenters. The SMILES string of the molecule is NC(=NCCC1=CCOCC1)Nc1ccc(OC(F)(F)F)cc1. The Bertz CT molecular complexity index is 568. The van der Waals surface area contributed by atoms with Crippen molar-refractivity contribution in [1.29, 1.82) is 0 Å². The smallest absolute Gasteiger partial charge is 0.406 e. The van der Waals surface area contributed by atoms with E-state index in [4.69, 9.17) is 10.5 Å². The summed E-state index contributed by atoms with van der Waals surface area (Å²) in [5.41, 5.74) is 7.57. The van der Waals surface area contributed by atoms with E-state index in [1.54, 1.807) is 0 Å². The number of nitrogens with one attached hydrogen (secondary N) is 1. The van der Waals surface area contributed by atoms with Crippen molar-refractivity contribution in [2.24, 2.45) is 10.7 Å². The number of alkyl halides is 3. The van der Waals surface area contributed by atoms with Gasteiger partial charge in [-0.3, -0.25) is 4.99 Å². The molecule has 1 aliphatic rings. The van der Waals surface area contributed by atoms with Gasteiger partial charge in [-0.1, -0.05) is 11.6 Å². The van der Waals surface area contributed by atoms with E-state index in [9.17, 15) is 13.2 Å². The van der Waals surface area contributed by atoms with Gasteiger partial charge in [-0.25, -0.2) is 0 Å². The van der Waals surface area contributed by atoms with Gasteiger partial charge in [-0.15, -0.1) is 13.2 Å². The molecule has 3 N–H and O–H groups in total. The fraction of sp³-hybridized carbons (Fsp3) is 0.400. The van der Waals surface area contributed by atoms with Crippen molar-refractivity contribution in [1.82, 2.24) is 0 Å². The van der Waals surface area contributed by atoms with Gasteiger partial charge in [0.25, 0.3) is 0 Å². The molecule has 0 atom stereocenters. The Morgan fingerprint density at radius 3 is 2.65 bits per heavy atom. The molecule has 23 heavy (non-hydrogen) atoms. The number of hydrogen-bond acceptors (Lipinski definition) is 3. The number of aliphatic imine (C=N–C) groups is 1. The molecule has 0 amide bonds. The quantitative estimate of drug-likeness (QED) is 0.495. The molecule has 5 nitrogen and oxygen atoms in total. The highest BCUT2D eigenvalue weighted by Gasteiger charge is 2.30. The van der Waals surface area contributed by atoms with Crippen LogP contribution in [0.1, 0.15) is 12.8 Å². The molecule has 2 rings (SSSR count). The van der Waals surface area contributed by atoms with Crippen LogP contribution in [-0.2, 0) is 4.74 Å². The summed E-state index contributed by atoms with van der Waals surface area (Å²) in [4.78, 5) is 4.19. The van der Waals surface area contributed by atoms with E-state index >= 15 is 0 Å². The molecule has 0 saturated carbocycles. The lowest BCUT2D eigenvalue weighted by Gasteiger charge is -2.12. The maximum Gasteiger partial charge on any atom is 0.573 e. The predicted molar refractivity (Wildman–Crippen MR) is 81.4 cm³/mol. The number of benzene rings is 1. The molecular formula is C15H18F3N3O2. The van der Waals surface area contributed by atoms with Crippen molar-refractivity contribution in [2.45, 2.75) is 19.2 Å². The lowest BCUT2D eigenvalue weighted by atomic mass is 10.1. The third kappa shape index (κ3) is 6.60. The monoisotopic (exact) mass is 329 g/mol. The van der Waals surface area contributed by atoms with Crippen LogP contribution < -0.4 is 15.8 Å². The normalized spacial score (nSPS) is 16.0. The number of guanidine groups is 1. The molecule has 1 heterocycles. The summed E-state index contributed by atoms with van der Waals surface area (Å²) < 4.78 is 45.2. The Kier molecular flexibility index (Phi) is 5.86. The van der Waals surface area contributed by atoms with Crippen molar-refractivity contribution >= 4 is 11.6 Å². The fourth-order valence-corrected chi connectivity index (χ4v) is 2.04. The van der Waals surface area contributed by atoms with Gasteiger partial charge in [0, 0.05) is 12.2 Å². The number of nitrogens with two attached hydrogens (primary N) is 1. The van der Waals surface area contributed by atoms with Crippen LogP contribution in [0.5, 0.6) is 5.75 Å². The van der Waals surface area contributed by atoms with Crippen LogP contribution in [0.4, 0.5) is 18.9 Å². The Labute approximate surface area is 132 Å². The molecule has 0 fully saturated rings. The highest BCUT2D eigenvalue weighted by atomic mass is 19.4. The van der Waals surface area contributed by atoms with Crippen LogP contribution in [0.3, 0.4) is 0 Å². The third-order valence-electron chi connectivity index (χ3n) is 3.13. The van der Waals surface area contributed by atoms with Crippen molar-refractivity contribution in [3.8, 4) is 5.75 Å². The van der Waals surface area contributed by atoms with Gasteiger partial charge in [-0.2, -0.15) is 0 Å². The van der Waals surface area contributed by atoms with E-state index in [1.165, 1.54) is 29.8 Å². The first-order valence-electron chi connectivity index (χ1n) is 7.11. The number of anilines is 1. The molecular weight excluding hydrogens is 311 g/mol. The number of rotatable bonds is 5. The standard InChI is InChI=1S/C15H18F3N3O2/c16-15(17,18)23-13-3-1-12(2-4-13)21-14(19)20-8-5-11-6-9-22-10-7-11/h1-4,6H,5,7-10H2,(H3,19,20,21). The minimum atomic E-state index is -4.70. The zero-order valence-corrected chi connectivity index (χ0v) is 12.4. The van der Waals surface area contributed by atoms with E-state index < -0.39 is 6.36 Å². The van der Waals surface area contributed by atoms with Crippen LogP contribution in [0.2, 0.25) is 0 Å². The van der Waals surface area contributed by atoms with Crippen molar-refractivity contribution in [3.63, 3.8) is 0 Å². The number of halogens is 3. The highest BCUT2D eigenvalue weighted by Crippen LogP contribution is 2.23. The molecule has 0 aliphatic carbocycles. The molecule has 126 valence electrons. The summed E-state index contributed by atoms with van der Waals surface area (Å²) in [5.74, 6) is -0.0767. The van der Waals surface area contributed by atoms with Gasteiger partial charge in [0.1, 0.15) is 5.75 Å². The van der Waals surface area contributed by atoms with Crippen molar-refractivity contribution in [3.05, 3.63) is 35.9 Å². The summed E-state index contributed by atoms with van der Waals surface area (Å²) >= 11 is 0. The molecule has 0 spiro atoms. The zero-order valence-electron chi connectivity index (χ0n) is 12.4. The Balaban J connectivity index is 1.81. The molecule has 0 aromatic heterocycles. The summed E-state index contributed by atoms with van der Waals surface area (Å²) in [6, 6.07) is 5.28. The second kappa shape index (κ2) is 7.87. The topological polar surface area (TPSA) is 68.9 Å². The van der Waals surface area contributed by atoms with Gasteiger partial charge >= 0.3 is 6.36 Å². The second-order valence-corrected chi connectivity index (χ2v) is 4.90. The van der Waals surface area contributed by atoms with Crippen molar-refractivity contribution < 1.29 is 22.6 Å². The molecule has 8 heteroatoms. The third-order valence-corrected chi connectivity index (χ3v) is 3.13. The maximum absolute atomic E-state index is 12.1. The van der Waals surface area contributed by atoms with Crippen LogP contribution in [0.25, 0.3) is 0 Å². The van der Waals surface area contributed by atoms with Crippen LogP contribution in [-0.4, -0.2) is 32.1 Å². The Morgan fingerprint density at radius 1 is 1.30 bits per heavy atom. The maximum atomic E-state index is 12.1. The molecule has 0 saturated heterocycles. The fourth-order valence-electron chi connectivity index (χ4n) is 2.04. The summed E-state index contributed by atoms with van der Waals surface area (Å²) in [6.45, 7) is 1.91. The van der Waals surface area contributed by atoms with Gasteiger partial charge in [0.15, 0.2) is 5.96 Å². The van der Waals surface area contributed by atoms with E-state index in [1.807, 2.05) is 6.08 Å². The van der Waals surface area contributed by atoms with E-state index in [2.05, 4.69) is 15.0 Å². The number of hydrogen-bond donors (Lipinski definition) is 2. The van der Waals surface area contributed by atoms with Gasteiger partial charge in [0.05, 0.1) is 13.2 Å². The lowest BCUT2D eigenvalue weighted by molar-refractivity contribution is -0.274. The first-order valence-corrected chi connectivity index (χ1v) is 7.11. The number of ether oxygens (including phenoxy) is 2. The largest absolute Gasteiger partial charge is 0.573 e. The first-order chi connectivity index (χ1) is 10.9. The average molecular weight is 329 g/mol. The van der Waals surface area contributed by atoms with Crippen LogP contribution in [0.15, 0.2) is 40.9 Å². The molecule has 1 aromatic rings. The van der Waals surface area contributed by atoms with E-state index in [0.29, 0.717) is 18.8 Å². The lowest BCUT2D eigenvalue weighted by Crippen LogP contribution is -2.23. The van der Waals surface area contributed by atoms with Crippen molar-refractivity contribution in [2.75, 3.05) is 25.1 Å². The second-order valence-electron chi connectivity index (χ2n) is 4.90. The predicted octanol–water partition coefficient (Wildman–Crippen LogP) is 3.05. The van der Waals surface area contributed by atoms with Crippen LogP contribution >= 0.6 is 0 Å². The van der Waals surface area contributed by atoms with E-state index in [-0.39, 0.29) is 11.7 Å². The molecule has 0 bridgehead atoms. The van der Waals surface area contributed by atoms with Gasteiger partial charge in [0.2, 0.25) is 0 Å². The molecule has 1 aliphatic heterocycles. The molecule has 0 radical (unpaired) electrons. The number of nitrogens with zero attached hydrogens (tertiary/aromatic N) is 1. The summed E-state index contributed by atoms with van der Waals surface area (Å²) in [7, 11) is 0. The molecule has 1 aromatic carbocycles. The summed E-state index contributed by atoms with van der Waals surface area (Å²) in [6.07, 6.45) is -0.941. The van der Waals surface area contributed by atoms with Gasteiger partial charge in [-0.05, 0) is 37.1 Å². The highest BCUT2D eigenvalue weighted by molar-refractivity contribution is 5.92. The minimum absolute atomic E-state index is 0.210. The first kappa shape index (κ1) is 17.1. The van der Waals surface area contributed by atoms with E-state index in [0.717, 1.165) is 19.4 Å². The zero-order chi connectivity index (χ0) is 16.7. The Hall–Kier alpha value is -2.22. The summed E-state index contributed by atoms with van der Waals surface area (Å²) in [5, 5.41) is 2.82. The minimum Gasteiger partial charge on any atom is -0.406 e. The Morgan fingerprint density at radius 2 is 2.04 bits per heavy atom. The van der Waals surface area contributed by atoms with Gasteiger partial charge < -0.3 is 20.5 Å². The van der Waals surface area contributed by atoms with Crippen LogP contribution in [0, 0.1) is 0 Å². The average Bonchev–Trinajstić information content (AvgIpc) is 2.49.